The lowest BCUT2D eigenvalue weighted by Crippen LogP contribution is -2.30. The van der Waals surface area contributed by atoms with E-state index in [2.05, 4.69) is 16.8 Å². The highest BCUT2D eigenvalue weighted by atomic mass is 32.1. The molecule has 0 bridgehead atoms. The van der Waals surface area contributed by atoms with Crippen molar-refractivity contribution in [3.05, 3.63) is 10.6 Å². The fourth-order valence-electron chi connectivity index (χ4n) is 1.97. The lowest BCUT2D eigenvalue weighted by molar-refractivity contribution is 0.0701. The molecule has 17 heavy (non-hydrogen) atoms. The number of thiazole rings is 1. The van der Waals surface area contributed by atoms with E-state index in [0.29, 0.717) is 23.0 Å². The minimum atomic E-state index is -0.863. The first kappa shape index (κ1) is 12.4. The quantitative estimate of drug-likeness (QED) is 0.877. The average molecular weight is 254 g/mol. The third-order valence-electron chi connectivity index (χ3n) is 3.43. The van der Waals surface area contributed by atoms with E-state index >= 15 is 0 Å². The van der Waals surface area contributed by atoms with Gasteiger partial charge in [-0.2, -0.15) is 0 Å². The van der Waals surface area contributed by atoms with Crippen LogP contribution in [0, 0.1) is 5.92 Å². The van der Waals surface area contributed by atoms with Gasteiger partial charge in [-0.3, -0.25) is 0 Å². The Morgan fingerprint density at radius 3 is 2.71 bits per heavy atom. The fourth-order valence-corrected chi connectivity index (χ4v) is 3.01. The first-order valence-corrected chi connectivity index (χ1v) is 6.82. The Hall–Kier alpha value is -1.10. The number of hydrogen-bond acceptors (Lipinski definition) is 4. The highest BCUT2D eigenvalue weighted by Gasteiger charge is 2.32. The van der Waals surface area contributed by atoms with Crippen LogP contribution in [0.15, 0.2) is 0 Å². The van der Waals surface area contributed by atoms with Crippen molar-refractivity contribution in [1.82, 2.24) is 4.98 Å². The molecule has 0 spiro atoms. The van der Waals surface area contributed by atoms with Gasteiger partial charge in [-0.15, -0.1) is 0 Å². The van der Waals surface area contributed by atoms with Gasteiger partial charge in [0.1, 0.15) is 4.88 Å². The molecule has 5 heteroatoms. The summed E-state index contributed by atoms with van der Waals surface area (Å²) in [5.41, 5.74) is 0.701. The van der Waals surface area contributed by atoms with Crippen molar-refractivity contribution < 1.29 is 9.90 Å². The molecule has 1 aromatic heterocycles. The molecule has 94 valence electrons. The number of hydrogen-bond donors (Lipinski definition) is 1. The van der Waals surface area contributed by atoms with Crippen molar-refractivity contribution in [3.63, 3.8) is 0 Å². The minimum absolute atomic E-state index is 0.386. The predicted octanol–water partition coefficient (Wildman–Crippen LogP) is 2.64. The highest BCUT2D eigenvalue weighted by molar-refractivity contribution is 7.17. The summed E-state index contributed by atoms with van der Waals surface area (Å²) in [4.78, 5) is 18.0. The maximum atomic E-state index is 11.1. The maximum absolute atomic E-state index is 11.1. The van der Waals surface area contributed by atoms with Gasteiger partial charge in [0.05, 0.1) is 5.69 Å². The molecule has 1 N–H and O–H groups in total. The van der Waals surface area contributed by atoms with Crippen LogP contribution < -0.4 is 4.90 Å². The molecule has 1 aliphatic rings. The van der Waals surface area contributed by atoms with Gasteiger partial charge in [-0.1, -0.05) is 18.3 Å². The van der Waals surface area contributed by atoms with E-state index in [4.69, 9.17) is 5.11 Å². The molecule has 0 aliphatic heterocycles. The zero-order valence-corrected chi connectivity index (χ0v) is 11.3. The maximum Gasteiger partial charge on any atom is 0.347 e. The molecule has 1 saturated carbocycles. The van der Waals surface area contributed by atoms with E-state index in [1.54, 1.807) is 0 Å². The predicted molar refractivity (Wildman–Crippen MR) is 69.0 cm³/mol. The largest absolute Gasteiger partial charge is 0.477 e. The van der Waals surface area contributed by atoms with E-state index in [1.165, 1.54) is 24.2 Å². The number of aromatic nitrogens is 1. The van der Waals surface area contributed by atoms with Gasteiger partial charge in [-0.05, 0) is 32.1 Å². The van der Waals surface area contributed by atoms with Gasteiger partial charge in [0.25, 0.3) is 0 Å². The van der Waals surface area contributed by atoms with E-state index in [0.717, 1.165) is 11.0 Å². The Labute approximate surface area is 105 Å². The van der Waals surface area contributed by atoms with E-state index in [9.17, 15) is 4.79 Å². The van der Waals surface area contributed by atoms with Gasteiger partial charge < -0.3 is 10.0 Å². The monoisotopic (exact) mass is 254 g/mol. The summed E-state index contributed by atoms with van der Waals surface area (Å²) in [6, 6.07) is 0.451. The molecular weight excluding hydrogens is 236 g/mol. The summed E-state index contributed by atoms with van der Waals surface area (Å²) in [6.07, 6.45) is 3.23. The van der Waals surface area contributed by atoms with Gasteiger partial charge in [0.15, 0.2) is 5.13 Å². The molecule has 0 aromatic carbocycles. The van der Waals surface area contributed by atoms with Gasteiger partial charge in [0, 0.05) is 13.1 Å². The topological polar surface area (TPSA) is 53.4 Å². The summed E-state index contributed by atoms with van der Waals surface area (Å²) >= 11 is 1.29. The molecule has 1 unspecified atom stereocenters. The van der Waals surface area contributed by atoms with Crippen LogP contribution in [-0.4, -0.2) is 29.1 Å². The molecule has 4 nitrogen and oxygen atoms in total. The molecule has 1 fully saturated rings. The second-order valence-electron chi connectivity index (χ2n) is 4.62. The summed E-state index contributed by atoms with van der Waals surface area (Å²) in [6.45, 7) is 4.13. The summed E-state index contributed by atoms with van der Waals surface area (Å²) < 4.78 is 0. The number of anilines is 1. The van der Waals surface area contributed by atoms with Crippen LogP contribution >= 0.6 is 11.3 Å². The molecule has 0 radical (unpaired) electrons. The highest BCUT2D eigenvalue weighted by Crippen LogP contribution is 2.37. The second-order valence-corrected chi connectivity index (χ2v) is 5.60. The number of rotatable bonds is 5. The van der Waals surface area contributed by atoms with Crippen LogP contribution in [0.2, 0.25) is 0 Å². The zero-order chi connectivity index (χ0) is 12.6. The van der Waals surface area contributed by atoms with Crippen LogP contribution in [0.5, 0.6) is 0 Å². The van der Waals surface area contributed by atoms with Crippen molar-refractivity contribution in [1.29, 1.82) is 0 Å². The molecule has 0 amide bonds. The molecule has 1 aliphatic carbocycles. The Morgan fingerprint density at radius 1 is 1.65 bits per heavy atom. The molecule has 1 heterocycles. The minimum Gasteiger partial charge on any atom is -0.477 e. The SMILES string of the molecule is CCc1nc(N(C)C(C)C2CC2)sc1C(=O)O. The van der Waals surface area contributed by atoms with Crippen molar-refractivity contribution in [2.45, 2.75) is 39.2 Å². The first-order chi connectivity index (χ1) is 8.04. The van der Waals surface area contributed by atoms with Crippen LogP contribution in [0.4, 0.5) is 5.13 Å². The molecule has 2 rings (SSSR count). The lowest BCUT2D eigenvalue weighted by Gasteiger charge is -2.23. The van der Waals surface area contributed by atoms with Crippen LogP contribution in [0.1, 0.15) is 42.1 Å². The van der Waals surface area contributed by atoms with Gasteiger partial charge >= 0.3 is 5.97 Å². The van der Waals surface area contributed by atoms with Crippen LogP contribution in [0.3, 0.4) is 0 Å². The van der Waals surface area contributed by atoms with Crippen molar-refractivity contribution >= 4 is 22.4 Å². The Bertz CT molecular complexity index is 426. The van der Waals surface area contributed by atoms with Gasteiger partial charge in [0.2, 0.25) is 0 Å². The van der Waals surface area contributed by atoms with E-state index < -0.39 is 5.97 Å². The third kappa shape index (κ3) is 2.44. The number of carbonyl (C=O) groups is 1. The molecular formula is C12H18N2O2S. The molecule has 0 saturated heterocycles. The van der Waals surface area contributed by atoms with Crippen molar-refractivity contribution in [2.24, 2.45) is 5.92 Å². The fraction of sp³-hybridized carbons (Fsp3) is 0.667. The lowest BCUT2D eigenvalue weighted by atomic mass is 10.2. The molecule has 1 aromatic rings. The third-order valence-corrected chi connectivity index (χ3v) is 4.61. The van der Waals surface area contributed by atoms with E-state index in [-0.39, 0.29) is 0 Å². The van der Waals surface area contributed by atoms with Crippen LogP contribution in [0.25, 0.3) is 0 Å². The number of carboxylic acids is 1. The summed E-state index contributed by atoms with van der Waals surface area (Å²) in [7, 11) is 2.01. The second kappa shape index (κ2) is 4.64. The van der Waals surface area contributed by atoms with Crippen molar-refractivity contribution in [2.75, 3.05) is 11.9 Å². The van der Waals surface area contributed by atoms with E-state index in [1.807, 2.05) is 14.0 Å². The normalized spacial score (nSPS) is 16.9. The van der Waals surface area contributed by atoms with Crippen LogP contribution in [-0.2, 0) is 6.42 Å². The number of carboxylic acid groups (broad SMARTS) is 1. The smallest absolute Gasteiger partial charge is 0.347 e. The van der Waals surface area contributed by atoms with Crippen molar-refractivity contribution in [3.8, 4) is 0 Å². The average Bonchev–Trinajstić information content (AvgIpc) is 3.05. The zero-order valence-electron chi connectivity index (χ0n) is 10.4. The van der Waals surface area contributed by atoms with Gasteiger partial charge in [-0.25, -0.2) is 9.78 Å². The summed E-state index contributed by atoms with van der Waals surface area (Å²) in [5.74, 6) is -0.111. The Kier molecular flexibility index (Phi) is 3.38. The number of nitrogens with zero attached hydrogens (tertiary/aromatic N) is 2. The standard InChI is InChI=1S/C12H18N2O2S/c1-4-9-10(11(15)16)17-12(13-9)14(3)7(2)8-5-6-8/h7-8H,4-6H2,1-3H3,(H,15,16). The Balaban J connectivity index is 2.22. The Morgan fingerprint density at radius 2 is 2.29 bits per heavy atom. The molecule has 1 atom stereocenters. The number of aromatic carboxylic acids is 1. The number of aryl methyl sites for hydroxylation is 1. The first-order valence-electron chi connectivity index (χ1n) is 6.00. The summed E-state index contributed by atoms with van der Waals surface area (Å²) in [5, 5.41) is 9.94.